The molecule has 1 saturated heterocycles. The molecule has 0 atom stereocenters. The van der Waals surface area contributed by atoms with Gasteiger partial charge in [0.05, 0.1) is 17.4 Å². The third kappa shape index (κ3) is 5.30. The van der Waals surface area contributed by atoms with Gasteiger partial charge in [-0.05, 0) is 24.1 Å². The molecule has 0 radical (unpaired) electrons. The van der Waals surface area contributed by atoms with Gasteiger partial charge in [-0.25, -0.2) is 4.98 Å². The minimum atomic E-state index is -0.124. The number of piperazine rings is 1. The number of nitrogens with one attached hydrogen (secondary N) is 1. The Morgan fingerprint density at radius 3 is 2.57 bits per heavy atom. The largest absolute Gasteiger partial charge is 0.340 e. The molecule has 5 rings (SSSR count). The van der Waals surface area contributed by atoms with E-state index in [1.807, 2.05) is 35.2 Å². The average molecular weight is 473 g/mol. The summed E-state index contributed by atoms with van der Waals surface area (Å²) in [5.74, 6) is 1.74. The Hall–Kier alpha value is -3.85. The molecule has 4 aromatic rings. The zero-order valence-electron chi connectivity index (χ0n) is 19.7. The highest BCUT2D eigenvalue weighted by molar-refractivity contribution is 5.77. The van der Waals surface area contributed by atoms with Crippen molar-refractivity contribution in [1.82, 2.24) is 29.9 Å². The van der Waals surface area contributed by atoms with E-state index in [1.165, 1.54) is 5.56 Å². The molecule has 1 amide bonds. The van der Waals surface area contributed by atoms with Crippen LogP contribution in [0.25, 0.3) is 22.3 Å². The number of aryl methyl sites for hydroxylation is 2. The number of carbonyl (C=O) groups excluding carboxylic acids is 1. The monoisotopic (exact) mass is 472 g/mol. The second kappa shape index (κ2) is 10.2. The van der Waals surface area contributed by atoms with Crippen molar-refractivity contribution in [2.24, 2.45) is 0 Å². The van der Waals surface area contributed by atoms with Crippen molar-refractivity contribution in [3.63, 3.8) is 0 Å². The summed E-state index contributed by atoms with van der Waals surface area (Å²) in [4.78, 5) is 41.0. The van der Waals surface area contributed by atoms with Gasteiger partial charge in [-0.15, -0.1) is 0 Å². The van der Waals surface area contributed by atoms with E-state index >= 15 is 0 Å². The van der Waals surface area contributed by atoms with Gasteiger partial charge in [-0.2, -0.15) is 4.98 Å². The Morgan fingerprint density at radius 2 is 1.80 bits per heavy atom. The number of rotatable bonds is 7. The van der Waals surface area contributed by atoms with E-state index in [9.17, 15) is 9.59 Å². The summed E-state index contributed by atoms with van der Waals surface area (Å²) in [7, 11) is 0. The molecule has 0 aliphatic carbocycles. The van der Waals surface area contributed by atoms with Gasteiger partial charge in [0.1, 0.15) is 5.82 Å². The van der Waals surface area contributed by atoms with Gasteiger partial charge in [-0.1, -0.05) is 48.5 Å². The molecule has 3 heterocycles. The fourth-order valence-corrected chi connectivity index (χ4v) is 4.31. The normalized spacial score (nSPS) is 14.5. The Labute approximate surface area is 202 Å². The van der Waals surface area contributed by atoms with Crippen molar-refractivity contribution in [3.8, 4) is 11.4 Å². The van der Waals surface area contributed by atoms with Crippen molar-refractivity contribution in [3.05, 3.63) is 76.2 Å². The highest BCUT2D eigenvalue weighted by Crippen LogP contribution is 2.18. The highest BCUT2D eigenvalue weighted by atomic mass is 16.5. The highest BCUT2D eigenvalue weighted by Gasteiger charge is 2.22. The molecule has 0 saturated carbocycles. The van der Waals surface area contributed by atoms with Crippen LogP contribution in [0.15, 0.2) is 57.8 Å². The second-order valence-electron chi connectivity index (χ2n) is 8.75. The van der Waals surface area contributed by atoms with Crippen LogP contribution in [-0.2, 0) is 24.2 Å². The molecule has 9 heteroatoms. The quantitative estimate of drug-likeness (QED) is 0.441. The second-order valence-corrected chi connectivity index (χ2v) is 8.75. The van der Waals surface area contributed by atoms with Crippen LogP contribution in [0.5, 0.6) is 0 Å². The van der Waals surface area contributed by atoms with E-state index in [-0.39, 0.29) is 11.5 Å². The number of carbonyl (C=O) groups is 1. The first-order chi connectivity index (χ1) is 17.1. The van der Waals surface area contributed by atoms with Crippen LogP contribution in [0.3, 0.4) is 0 Å². The third-order valence-electron chi connectivity index (χ3n) is 6.40. The number of H-pyrrole nitrogens is 1. The Bertz CT molecular complexity index is 1370. The standard InChI is InChI=1S/C26H28N6O3/c1-2-18-7-9-19(10-8-18)25-29-23(35-30-25)11-12-24(33)32-15-13-31(14-16-32)17-22-27-21-6-4-3-5-20(21)26(34)28-22/h3-10H,2,11-17H2,1H3,(H,27,28,34). The van der Waals surface area contributed by atoms with Crippen LogP contribution in [0.2, 0.25) is 0 Å². The maximum Gasteiger partial charge on any atom is 0.258 e. The smallest absolute Gasteiger partial charge is 0.258 e. The molecule has 1 aliphatic rings. The van der Waals surface area contributed by atoms with E-state index < -0.39 is 0 Å². The number of hydrogen-bond donors (Lipinski definition) is 1. The average Bonchev–Trinajstić information content (AvgIpc) is 3.37. The summed E-state index contributed by atoms with van der Waals surface area (Å²) in [6.45, 7) is 5.38. The summed E-state index contributed by atoms with van der Waals surface area (Å²) in [6, 6.07) is 15.4. The van der Waals surface area contributed by atoms with Gasteiger partial charge < -0.3 is 14.4 Å². The van der Waals surface area contributed by atoms with Crippen LogP contribution >= 0.6 is 0 Å². The van der Waals surface area contributed by atoms with Gasteiger partial charge >= 0.3 is 0 Å². The predicted octanol–water partition coefficient (Wildman–Crippen LogP) is 2.81. The Morgan fingerprint density at radius 1 is 1.03 bits per heavy atom. The van der Waals surface area contributed by atoms with E-state index in [1.54, 1.807) is 6.07 Å². The van der Waals surface area contributed by atoms with Crippen molar-refractivity contribution >= 4 is 16.8 Å². The van der Waals surface area contributed by atoms with Crippen molar-refractivity contribution in [2.45, 2.75) is 32.7 Å². The molecule has 35 heavy (non-hydrogen) atoms. The van der Waals surface area contributed by atoms with Crippen LogP contribution in [0.4, 0.5) is 0 Å². The van der Waals surface area contributed by atoms with E-state index in [2.05, 4.69) is 44.1 Å². The molecule has 1 N–H and O–H groups in total. The molecular formula is C26H28N6O3. The predicted molar refractivity (Wildman–Crippen MR) is 132 cm³/mol. The molecule has 0 bridgehead atoms. The minimum Gasteiger partial charge on any atom is -0.340 e. The fraction of sp³-hybridized carbons (Fsp3) is 0.346. The van der Waals surface area contributed by atoms with Gasteiger partial charge in [0.25, 0.3) is 5.56 Å². The van der Waals surface area contributed by atoms with Crippen LogP contribution in [0, 0.1) is 0 Å². The molecule has 9 nitrogen and oxygen atoms in total. The Kier molecular flexibility index (Phi) is 6.67. The number of hydrogen-bond acceptors (Lipinski definition) is 7. The van der Waals surface area contributed by atoms with Gasteiger partial charge in [0.15, 0.2) is 0 Å². The molecule has 2 aromatic carbocycles. The van der Waals surface area contributed by atoms with Gasteiger partial charge in [0.2, 0.25) is 17.6 Å². The number of aromatic nitrogens is 4. The zero-order valence-corrected chi connectivity index (χ0v) is 19.7. The molecule has 0 spiro atoms. The first kappa shape index (κ1) is 22.9. The first-order valence-electron chi connectivity index (χ1n) is 12.0. The first-order valence-corrected chi connectivity index (χ1v) is 12.0. The van der Waals surface area contributed by atoms with Gasteiger partial charge in [0, 0.05) is 44.6 Å². The van der Waals surface area contributed by atoms with E-state index in [0.29, 0.717) is 60.9 Å². The zero-order chi connectivity index (χ0) is 24.2. The van der Waals surface area contributed by atoms with Crippen molar-refractivity contribution < 1.29 is 9.32 Å². The summed E-state index contributed by atoms with van der Waals surface area (Å²) < 4.78 is 5.36. The van der Waals surface area contributed by atoms with E-state index in [0.717, 1.165) is 25.1 Å². The molecule has 180 valence electrons. The fourth-order valence-electron chi connectivity index (χ4n) is 4.31. The van der Waals surface area contributed by atoms with Crippen molar-refractivity contribution in [2.75, 3.05) is 26.2 Å². The van der Waals surface area contributed by atoms with Crippen LogP contribution in [0.1, 0.15) is 30.6 Å². The summed E-state index contributed by atoms with van der Waals surface area (Å²) >= 11 is 0. The lowest BCUT2D eigenvalue weighted by Gasteiger charge is -2.34. The number of nitrogens with zero attached hydrogens (tertiary/aromatic N) is 5. The number of aromatic amines is 1. The number of benzene rings is 2. The van der Waals surface area contributed by atoms with Crippen molar-refractivity contribution in [1.29, 1.82) is 0 Å². The summed E-state index contributed by atoms with van der Waals surface area (Å²) in [5.41, 5.74) is 2.73. The Balaban J connectivity index is 1.11. The number of para-hydroxylation sites is 1. The number of fused-ring (bicyclic) bond motifs is 1. The molecule has 1 fully saturated rings. The maximum atomic E-state index is 12.7. The lowest BCUT2D eigenvalue weighted by atomic mass is 10.1. The van der Waals surface area contributed by atoms with Gasteiger partial charge in [-0.3, -0.25) is 14.5 Å². The number of amides is 1. The van der Waals surface area contributed by atoms with E-state index in [4.69, 9.17) is 4.52 Å². The summed E-state index contributed by atoms with van der Waals surface area (Å²) in [5, 5.41) is 4.65. The SMILES string of the molecule is CCc1ccc(-c2noc(CCC(=O)N3CCN(Cc4nc5ccccc5c(=O)[nH]4)CC3)n2)cc1. The minimum absolute atomic E-state index is 0.0777. The lowest BCUT2D eigenvalue weighted by molar-refractivity contribution is -0.133. The molecule has 0 unspecified atom stereocenters. The topological polar surface area (TPSA) is 108 Å². The molecule has 1 aliphatic heterocycles. The maximum absolute atomic E-state index is 12.7. The van der Waals surface area contributed by atoms with Crippen LogP contribution < -0.4 is 5.56 Å². The molecular weight excluding hydrogens is 444 g/mol. The van der Waals surface area contributed by atoms with Crippen LogP contribution in [-0.4, -0.2) is 62.0 Å². The third-order valence-corrected chi connectivity index (χ3v) is 6.40. The summed E-state index contributed by atoms with van der Waals surface area (Å²) in [6.07, 6.45) is 1.73. The lowest BCUT2D eigenvalue weighted by Crippen LogP contribution is -2.48. The molecule has 2 aromatic heterocycles.